The topological polar surface area (TPSA) is 388 Å². The van der Waals surface area contributed by atoms with Crippen LogP contribution in [0.1, 0.15) is 100 Å². The largest absolute Gasteiger partial charge is 0.474 e. The zero-order valence-electron chi connectivity index (χ0n) is 78.2. The number of aliphatic hydroxyl groups excluding tert-OH is 3. The number of aryl methyl sites for hydroxylation is 4. The van der Waals surface area contributed by atoms with Crippen LogP contribution in [0.2, 0.25) is 0 Å². The molecule has 142 heavy (non-hydrogen) atoms. The molecule has 0 bridgehead atoms. The Morgan fingerprint density at radius 3 is 1.20 bits per heavy atom. The highest BCUT2D eigenvalue weighted by atomic mass is 19.4. The molecule has 8 N–H and O–H groups in total. The van der Waals surface area contributed by atoms with Gasteiger partial charge in [0.25, 0.3) is 40.3 Å². The van der Waals surface area contributed by atoms with E-state index in [4.69, 9.17) is 28.8 Å². The normalized spacial score (nSPS) is 14.0. The Balaban J connectivity index is 0.000000159. The number of nitriles is 1. The molecule has 0 unspecified atom stereocenters. The molecule has 5 aromatic carbocycles. The van der Waals surface area contributed by atoms with Gasteiger partial charge in [0.05, 0.1) is 130 Å². The Labute approximate surface area is 809 Å². The number of ether oxygens (including phenoxy) is 5. The zero-order valence-corrected chi connectivity index (χ0v) is 78.2. The summed E-state index contributed by atoms with van der Waals surface area (Å²) in [6, 6.07) is 39.6. The van der Waals surface area contributed by atoms with E-state index < -0.39 is 58.4 Å². The number of carbonyl (C=O) groups excluding carboxylic acids is 4. The first kappa shape index (κ1) is 104. The lowest BCUT2D eigenvalue weighted by Gasteiger charge is -2.30. The molecule has 11 heterocycles. The third-order valence-electron chi connectivity index (χ3n) is 23.5. The number of halogens is 9. The summed E-state index contributed by atoms with van der Waals surface area (Å²) in [5.74, 6) is -1.97. The minimum atomic E-state index is -4.56. The van der Waals surface area contributed by atoms with Gasteiger partial charge in [0.15, 0.2) is 0 Å². The van der Waals surface area contributed by atoms with Gasteiger partial charge in [-0.15, -0.1) is 0 Å². The number of aromatic amines is 1. The van der Waals surface area contributed by atoms with Crippen LogP contribution >= 0.6 is 0 Å². The summed E-state index contributed by atoms with van der Waals surface area (Å²) in [5.41, 5.74) is 9.44. The van der Waals surface area contributed by atoms with E-state index in [0.717, 1.165) is 75.5 Å². The van der Waals surface area contributed by atoms with Crippen LogP contribution in [0, 0.1) is 39.0 Å². The van der Waals surface area contributed by atoms with Gasteiger partial charge in [-0.3, -0.25) is 48.5 Å². The van der Waals surface area contributed by atoms with Gasteiger partial charge in [0, 0.05) is 175 Å². The molecule has 7 aromatic heterocycles. The first-order chi connectivity index (χ1) is 67.9. The van der Waals surface area contributed by atoms with Crippen LogP contribution in [0.15, 0.2) is 215 Å². The van der Waals surface area contributed by atoms with Crippen LogP contribution in [-0.4, -0.2) is 205 Å². The number of aromatic nitrogens is 7. The van der Waals surface area contributed by atoms with Gasteiger partial charge < -0.3 is 94.0 Å². The number of alkyl halides is 9. The van der Waals surface area contributed by atoms with Crippen molar-refractivity contribution in [2.24, 2.45) is 0 Å². The molecule has 4 aliphatic heterocycles. The number of nitrogens with zero attached hydrogens (tertiary/aromatic N) is 11. The van der Waals surface area contributed by atoms with Crippen molar-refractivity contribution in [3.05, 3.63) is 299 Å². The number of amides is 4. The van der Waals surface area contributed by atoms with Crippen molar-refractivity contribution in [3.63, 3.8) is 0 Å². The summed E-state index contributed by atoms with van der Waals surface area (Å²) in [6.45, 7) is 19.9. The van der Waals surface area contributed by atoms with Gasteiger partial charge >= 0.3 is 18.5 Å². The fourth-order valence-corrected chi connectivity index (χ4v) is 15.8. The van der Waals surface area contributed by atoms with Gasteiger partial charge in [0.1, 0.15) is 29.4 Å². The molecule has 12 aromatic rings. The molecular formula is C102H103F9N16O15. The quantitative estimate of drug-likeness (QED) is 0.0260. The number of benzene rings is 5. The number of morpholine rings is 4. The highest BCUT2D eigenvalue weighted by Crippen LogP contribution is 2.39. The van der Waals surface area contributed by atoms with E-state index >= 15 is 0 Å². The molecule has 0 aliphatic carbocycles. The molecule has 0 saturated carbocycles. The zero-order chi connectivity index (χ0) is 102. The predicted octanol–water partition coefficient (Wildman–Crippen LogP) is 14.8. The summed E-state index contributed by atoms with van der Waals surface area (Å²) in [4.78, 5) is 118. The van der Waals surface area contributed by atoms with Crippen LogP contribution in [-0.2, 0) is 56.0 Å². The van der Waals surface area contributed by atoms with Crippen LogP contribution in [0.5, 0.6) is 5.88 Å². The lowest BCUT2D eigenvalue weighted by molar-refractivity contribution is -0.138. The fourth-order valence-electron chi connectivity index (χ4n) is 15.8. The predicted molar refractivity (Wildman–Crippen MR) is 517 cm³/mol. The molecule has 4 aliphatic rings. The number of H-pyrrole nitrogens is 1. The Bertz CT molecular complexity index is 6780. The number of aliphatic hydroxyl groups is 3. The fraction of sp³-hybridized carbons (Fsp3) is 0.314. The van der Waals surface area contributed by atoms with Gasteiger partial charge in [0.2, 0.25) is 5.88 Å². The summed E-state index contributed by atoms with van der Waals surface area (Å²) >= 11 is 0. The lowest BCUT2D eigenvalue weighted by Crippen LogP contribution is -2.40. The van der Waals surface area contributed by atoms with E-state index in [9.17, 15) is 88.6 Å². The van der Waals surface area contributed by atoms with E-state index in [1.807, 2.05) is 58.9 Å². The molecule has 31 nitrogen and oxygen atoms in total. The van der Waals surface area contributed by atoms with Gasteiger partial charge in [-0.05, 0) is 191 Å². The van der Waals surface area contributed by atoms with E-state index in [1.54, 1.807) is 107 Å². The average molecular weight is 1960 g/mol. The Morgan fingerprint density at radius 2 is 0.789 bits per heavy atom. The molecule has 4 saturated heterocycles. The molecular weight excluding hydrogens is 1860 g/mol. The van der Waals surface area contributed by atoms with Gasteiger partial charge in [-0.1, -0.05) is 30.3 Å². The number of anilines is 8. The van der Waals surface area contributed by atoms with Crippen LogP contribution in [0.4, 0.5) is 85.0 Å². The molecule has 16 rings (SSSR count). The molecule has 4 amide bonds. The second kappa shape index (κ2) is 46.9. The third kappa shape index (κ3) is 26.8. The Hall–Kier alpha value is -15.0. The van der Waals surface area contributed by atoms with Crippen molar-refractivity contribution >= 4 is 69.1 Å². The number of nitrogens with one attached hydrogen (secondary N) is 5. The summed E-state index contributed by atoms with van der Waals surface area (Å²) < 4.78 is 147. The van der Waals surface area contributed by atoms with Crippen molar-refractivity contribution in [1.82, 2.24) is 34.1 Å². The molecule has 40 heteroatoms. The number of rotatable bonds is 24. The number of carbonyl (C=O) groups is 4. The van der Waals surface area contributed by atoms with E-state index in [1.165, 1.54) is 64.1 Å². The van der Waals surface area contributed by atoms with Crippen LogP contribution in [0.25, 0.3) is 44.5 Å². The summed E-state index contributed by atoms with van der Waals surface area (Å²) in [7, 11) is 0. The van der Waals surface area contributed by atoms with Crippen molar-refractivity contribution in [1.29, 1.82) is 5.26 Å². The van der Waals surface area contributed by atoms with E-state index in [2.05, 4.69) is 57.2 Å². The van der Waals surface area contributed by atoms with Gasteiger partial charge in [-0.2, -0.15) is 44.8 Å². The van der Waals surface area contributed by atoms with Crippen molar-refractivity contribution < 1.29 is 97.7 Å². The first-order valence-corrected chi connectivity index (χ1v) is 45.2. The highest BCUT2D eigenvalue weighted by molar-refractivity contribution is 6.07. The SMILES string of the molecule is Cc1ccc(NC(=O)c2cccc(C(F)(F)F)c2)cc1-c1c[nH]c(=O)c(N2CCOCC2)c1.Cc1ccc(NC(=O)c2ccnc(C(C)(C)C#N)c2)cc1-c1cc(N2CCOCC2)c(=O)n(CCO)c1.Cc1ncc(NC(=O)c2cccc(C(F)(F)F)c2)cc1-c1cc(N2CCOCC2)c(=O)n(CCO)c1.Cc1ncc(NC(=O)c2cccc(C(F)(F)F)c2)cc1-c1cnc(OCCO)c(N2CCOCC2)c1. The highest BCUT2D eigenvalue weighted by Gasteiger charge is 2.35. The maximum atomic E-state index is 13.1. The summed E-state index contributed by atoms with van der Waals surface area (Å²) in [6.07, 6.45) is -2.68. The molecule has 0 radical (unpaired) electrons. The van der Waals surface area contributed by atoms with Crippen LogP contribution < -0.4 is 62.3 Å². The second-order valence-electron chi connectivity index (χ2n) is 33.8. The number of hydrogen-bond acceptors (Lipinski definition) is 24. The molecule has 0 atom stereocenters. The first-order valence-electron chi connectivity index (χ1n) is 45.2. The van der Waals surface area contributed by atoms with E-state index in [-0.39, 0.29) is 84.5 Å². The minimum Gasteiger partial charge on any atom is -0.474 e. The maximum absolute atomic E-state index is 13.1. The molecule has 4 fully saturated rings. The maximum Gasteiger partial charge on any atom is 0.416 e. The lowest BCUT2D eigenvalue weighted by atomic mass is 9.90. The van der Waals surface area contributed by atoms with Crippen molar-refractivity contribution in [2.75, 3.05) is 173 Å². The Kier molecular flexibility index (Phi) is 34.4. The average Bonchev–Trinajstić information content (AvgIpc) is 0.865. The molecule has 0 spiro atoms. The van der Waals surface area contributed by atoms with Crippen molar-refractivity contribution in [3.8, 4) is 56.5 Å². The second-order valence-corrected chi connectivity index (χ2v) is 33.8. The van der Waals surface area contributed by atoms with Crippen LogP contribution in [0.3, 0.4) is 0 Å². The number of pyridine rings is 7. The minimum absolute atomic E-state index is 0.0920. The Morgan fingerprint density at radius 1 is 0.423 bits per heavy atom. The smallest absolute Gasteiger partial charge is 0.416 e. The van der Waals surface area contributed by atoms with Crippen molar-refractivity contribution in [2.45, 2.75) is 78.6 Å². The monoisotopic (exact) mass is 1960 g/mol. The standard InChI is InChI=1S/C28H31N5O4.2C25H25F3N4O4.C24H22F3N3O3/c1-19-4-5-22(31-26(35)20-6-7-30-25(15-20)28(2,3)18-29)16-23(19)21-14-24(32-9-12-37-13-10-32)27(36)33(17-21)8-11-34;1-16-21(18-12-22(31-6-9-36-10-7-31)24(35)32(15-18)5-8-33)13-20(14-29-16)30-23(34)17-3-2-4-19(11-17)25(26,27)28;1-16-21(18-12-22(32-5-8-35-9-6-32)24(30-14-18)36-10-7-33)13-20(15-29-16)31-23(34)17-3-2-4-19(11-17)25(26,27)28;1-15-5-6-19(29-22(31)16-3-2-4-18(11-16)24(25,26)27)13-20(15)17-12-21(23(32)28-14-17)30-7-9-33-10-8-30/h4-7,14-17,34H,8-13H2,1-3H3,(H,31,35);2-4,11-15,33H,5-10H2,1H3,(H,30,34);2-4,11-15,33H,5-10H2,1H3,(H,31,34);2-6,11-14H,7-10H2,1H3,(H,28,32)(H,29,31). The number of hydrogen-bond donors (Lipinski definition) is 8. The third-order valence-corrected chi connectivity index (χ3v) is 23.5. The molecule has 744 valence electrons. The van der Waals surface area contributed by atoms with E-state index in [0.29, 0.717) is 190 Å². The summed E-state index contributed by atoms with van der Waals surface area (Å²) in [5, 5.41) is 48.4. The van der Waals surface area contributed by atoms with Gasteiger partial charge in [-0.25, -0.2) is 4.98 Å².